The van der Waals surface area contributed by atoms with Crippen molar-refractivity contribution < 1.29 is 0 Å². The molecular formula is C12H15BrClN5. The summed E-state index contributed by atoms with van der Waals surface area (Å²) in [6, 6.07) is 3.61. The van der Waals surface area contributed by atoms with Crippen LogP contribution in [0.15, 0.2) is 29.0 Å². The van der Waals surface area contributed by atoms with E-state index in [2.05, 4.69) is 45.3 Å². The number of rotatable bonds is 4. The molecule has 3 N–H and O–H groups in total. The van der Waals surface area contributed by atoms with Crippen molar-refractivity contribution in [2.45, 2.75) is 25.9 Å². The maximum Gasteiger partial charge on any atom is 0.106 e. The molecule has 0 aliphatic rings. The Bertz CT molecular complexity index is 552. The number of hydrogen-bond donors (Lipinski definition) is 2. The Kier molecular flexibility index (Phi) is 4.57. The van der Waals surface area contributed by atoms with E-state index in [1.165, 1.54) is 0 Å². The lowest BCUT2D eigenvalue weighted by molar-refractivity contribution is 0.472. The molecule has 0 aliphatic heterocycles. The molecule has 0 saturated heterocycles. The largest absolute Gasteiger partial charge is 0.270 e. The molecule has 0 radical (unpaired) electrons. The lowest BCUT2D eigenvalue weighted by Crippen LogP contribution is -2.32. The summed E-state index contributed by atoms with van der Waals surface area (Å²) in [5, 5.41) is 4.94. The third-order valence-corrected chi connectivity index (χ3v) is 3.60. The van der Waals surface area contributed by atoms with Gasteiger partial charge in [0, 0.05) is 12.2 Å². The number of nitrogens with one attached hydrogen (secondary N) is 1. The number of aromatic nitrogens is 3. The maximum atomic E-state index is 5.86. The van der Waals surface area contributed by atoms with Crippen LogP contribution in [0.4, 0.5) is 0 Å². The molecule has 1 unspecified atom stereocenters. The van der Waals surface area contributed by atoms with Gasteiger partial charge in [-0.15, -0.1) is 0 Å². The van der Waals surface area contributed by atoms with Crippen LogP contribution >= 0.6 is 27.5 Å². The average molecular weight is 345 g/mol. The van der Waals surface area contributed by atoms with E-state index < -0.39 is 0 Å². The monoisotopic (exact) mass is 343 g/mol. The van der Waals surface area contributed by atoms with E-state index in [1.54, 1.807) is 18.5 Å². The fraction of sp³-hybridized carbons (Fsp3) is 0.333. The quantitative estimate of drug-likeness (QED) is 0.661. The third kappa shape index (κ3) is 2.97. The second-order valence-electron chi connectivity index (χ2n) is 4.42. The van der Waals surface area contributed by atoms with Crippen molar-refractivity contribution in [2.75, 3.05) is 0 Å². The standard InChI is InChI=1S/C12H15BrClN5/c1-7(2)19-12(9(13)6-17-19)11(18-15)10-4-3-8(14)5-16-10/h3-7,11,18H,15H2,1-2H3. The summed E-state index contributed by atoms with van der Waals surface area (Å²) in [7, 11) is 0. The number of hydrogen-bond acceptors (Lipinski definition) is 4. The molecule has 0 saturated carbocycles. The normalized spacial score (nSPS) is 12.9. The first-order valence-corrected chi connectivity index (χ1v) is 7.02. The summed E-state index contributed by atoms with van der Waals surface area (Å²) in [6.45, 7) is 4.12. The molecule has 102 valence electrons. The number of pyridine rings is 1. The summed E-state index contributed by atoms with van der Waals surface area (Å²) >= 11 is 9.36. The summed E-state index contributed by atoms with van der Waals surface area (Å²) in [6.07, 6.45) is 3.36. The second-order valence-corrected chi connectivity index (χ2v) is 5.71. The van der Waals surface area contributed by atoms with Crippen LogP contribution in [0.5, 0.6) is 0 Å². The molecular weight excluding hydrogens is 330 g/mol. The van der Waals surface area contributed by atoms with Crippen molar-refractivity contribution in [3.05, 3.63) is 45.4 Å². The molecule has 0 fully saturated rings. The zero-order valence-corrected chi connectivity index (χ0v) is 13.0. The zero-order chi connectivity index (χ0) is 14.0. The molecule has 0 amide bonds. The Labute approximate surface area is 125 Å². The SMILES string of the molecule is CC(C)n1ncc(Br)c1C(NN)c1ccc(Cl)cn1. The molecule has 19 heavy (non-hydrogen) atoms. The fourth-order valence-corrected chi connectivity index (χ4v) is 2.51. The molecule has 0 aliphatic carbocycles. The summed E-state index contributed by atoms with van der Waals surface area (Å²) in [5.74, 6) is 5.69. The Morgan fingerprint density at radius 2 is 2.11 bits per heavy atom. The third-order valence-electron chi connectivity index (χ3n) is 2.76. The van der Waals surface area contributed by atoms with E-state index in [0.717, 1.165) is 15.9 Å². The van der Waals surface area contributed by atoms with Crippen LogP contribution in [0.2, 0.25) is 5.02 Å². The van der Waals surface area contributed by atoms with Gasteiger partial charge in [0.25, 0.3) is 0 Å². The minimum Gasteiger partial charge on any atom is -0.270 e. The van der Waals surface area contributed by atoms with Crippen LogP contribution in [0, 0.1) is 0 Å². The highest BCUT2D eigenvalue weighted by atomic mass is 79.9. The van der Waals surface area contributed by atoms with E-state index in [4.69, 9.17) is 17.4 Å². The Morgan fingerprint density at radius 3 is 2.63 bits per heavy atom. The topological polar surface area (TPSA) is 68.8 Å². The van der Waals surface area contributed by atoms with Crippen molar-refractivity contribution in [1.82, 2.24) is 20.2 Å². The predicted octanol–water partition coefficient (Wildman–Crippen LogP) is 2.83. The van der Waals surface area contributed by atoms with Crippen LogP contribution in [0.25, 0.3) is 0 Å². The molecule has 5 nitrogen and oxygen atoms in total. The van der Waals surface area contributed by atoms with E-state index in [1.807, 2.05) is 10.7 Å². The second kappa shape index (κ2) is 6.00. The summed E-state index contributed by atoms with van der Waals surface area (Å²) in [5.41, 5.74) is 4.50. The van der Waals surface area contributed by atoms with E-state index in [0.29, 0.717) is 5.02 Å². The number of hydrazine groups is 1. The molecule has 7 heteroatoms. The Hall–Kier alpha value is -0.950. The minimum absolute atomic E-state index is 0.226. The summed E-state index contributed by atoms with van der Waals surface area (Å²) < 4.78 is 2.80. The lowest BCUT2D eigenvalue weighted by Gasteiger charge is -2.20. The van der Waals surface area contributed by atoms with Gasteiger partial charge in [0.2, 0.25) is 0 Å². The van der Waals surface area contributed by atoms with Gasteiger partial charge in [-0.1, -0.05) is 11.6 Å². The highest BCUT2D eigenvalue weighted by molar-refractivity contribution is 9.10. The van der Waals surface area contributed by atoms with Crippen molar-refractivity contribution >= 4 is 27.5 Å². The lowest BCUT2D eigenvalue weighted by atomic mass is 10.1. The highest BCUT2D eigenvalue weighted by Gasteiger charge is 2.23. The molecule has 2 aromatic rings. The predicted molar refractivity (Wildman–Crippen MR) is 78.7 cm³/mol. The molecule has 1 atom stereocenters. The molecule has 2 heterocycles. The average Bonchev–Trinajstić information content (AvgIpc) is 2.75. The number of halogens is 2. The molecule has 0 aromatic carbocycles. The van der Waals surface area contributed by atoms with Gasteiger partial charge in [-0.25, -0.2) is 5.43 Å². The van der Waals surface area contributed by atoms with Crippen molar-refractivity contribution in [2.24, 2.45) is 5.84 Å². The van der Waals surface area contributed by atoms with Crippen molar-refractivity contribution in [1.29, 1.82) is 0 Å². The van der Waals surface area contributed by atoms with E-state index >= 15 is 0 Å². The van der Waals surface area contributed by atoms with Crippen molar-refractivity contribution in [3.8, 4) is 0 Å². The summed E-state index contributed by atoms with van der Waals surface area (Å²) in [4.78, 5) is 4.31. The smallest absolute Gasteiger partial charge is 0.106 e. The molecule has 2 rings (SSSR count). The minimum atomic E-state index is -0.253. The first kappa shape index (κ1) is 14.5. The van der Waals surface area contributed by atoms with Crippen LogP contribution in [0.3, 0.4) is 0 Å². The first-order chi connectivity index (χ1) is 9.04. The van der Waals surface area contributed by atoms with Gasteiger partial charge in [-0.05, 0) is 41.9 Å². The zero-order valence-electron chi connectivity index (χ0n) is 10.6. The first-order valence-electron chi connectivity index (χ1n) is 5.85. The Balaban J connectivity index is 2.47. The number of nitrogens with two attached hydrogens (primary N) is 1. The van der Waals surface area contributed by atoms with E-state index in [9.17, 15) is 0 Å². The number of nitrogens with zero attached hydrogens (tertiary/aromatic N) is 3. The van der Waals surface area contributed by atoms with Gasteiger partial charge in [0.15, 0.2) is 0 Å². The van der Waals surface area contributed by atoms with E-state index in [-0.39, 0.29) is 12.1 Å². The maximum absolute atomic E-state index is 5.86. The highest BCUT2D eigenvalue weighted by Crippen LogP contribution is 2.29. The molecule has 2 aromatic heterocycles. The Morgan fingerprint density at radius 1 is 1.37 bits per heavy atom. The van der Waals surface area contributed by atoms with Crippen LogP contribution < -0.4 is 11.3 Å². The van der Waals surface area contributed by atoms with Crippen LogP contribution in [0.1, 0.15) is 37.3 Å². The van der Waals surface area contributed by atoms with Crippen LogP contribution in [-0.2, 0) is 0 Å². The van der Waals surface area contributed by atoms with Crippen molar-refractivity contribution in [3.63, 3.8) is 0 Å². The van der Waals surface area contributed by atoms with Gasteiger partial charge in [0.05, 0.1) is 27.1 Å². The van der Waals surface area contributed by atoms with Crippen LogP contribution in [-0.4, -0.2) is 14.8 Å². The van der Waals surface area contributed by atoms with Gasteiger partial charge >= 0.3 is 0 Å². The molecule has 0 spiro atoms. The fourth-order valence-electron chi connectivity index (χ4n) is 1.89. The van der Waals surface area contributed by atoms with Gasteiger partial charge < -0.3 is 0 Å². The molecule has 0 bridgehead atoms. The van der Waals surface area contributed by atoms with Gasteiger partial charge in [-0.3, -0.25) is 15.5 Å². The van der Waals surface area contributed by atoms with Gasteiger partial charge in [0.1, 0.15) is 6.04 Å². The van der Waals surface area contributed by atoms with Gasteiger partial charge in [-0.2, -0.15) is 5.10 Å².